The van der Waals surface area contributed by atoms with Gasteiger partial charge in [-0.25, -0.2) is 9.18 Å². The van der Waals surface area contributed by atoms with Gasteiger partial charge in [0.1, 0.15) is 11.9 Å². The van der Waals surface area contributed by atoms with E-state index in [0.717, 1.165) is 6.42 Å². The van der Waals surface area contributed by atoms with E-state index in [1.807, 2.05) is 18.2 Å². The van der Waals surface area contributed by atoms with Crippen LogP contribution in [0.4, 0.5) is 9.18 Å². The van der Waals surface area contributed by atoms with Crippen molar-refractivity contribution in [3.63, 3.8) is 0 Å². The van der Waals surface area contributed by atoms with Crippen molar-refractivity contribution < 1.29 is 13.9 Å². The zero-order valence-electron chi connectivity index (χ0n) is 13.6. The molecule has 0 bridgehead atoms. The predicted molar refractivity (Wildman–Crippen MR) is 90.1 cm³/mol. The van der Waals surface area contributed by atoms with Crippen LogP contribution in [0.25, 0.3) is 0 Å². The van der Waals surface area contributed by atoms with Crippen LogP contribution in [0.15, 0.2) is 42.5 Å². The Balaban J connectivity index is 1.44. The third-order valence-corrected chi connectivity index (χ3v) is 4.14. The number of fused-ring (bicyclic) bond motifs is 1. The Labute approximate surface area is 145 Å². The van der Waals surface area contributed by atoms with Crippen molar-refractivity contribution in [2.24, 2.45) is 0 Å². The summed E-state index contributed by atoms with van der Waals surface area (Å²) in [4.78, 5) is 11.9. The van der Waals surface area contributed by atoms with Gasteiger partial charge in [-0.3, -0.25) is 0 Å². The molecule has 3 rings (SSSR count). The number of nitrogens with one attached hydrogen (secondary N) is 2. The van der Waals surface area contributed by atoms with Gasteiger partial charge in [-0.15, -0.1) is 0 Å². The molecule has 0 fully saturated rings. The highest BCUT2D eigenvalue weighted by Crippen LogP contribution is 2.19. The lowest BCUT2D eigenvalue weighted by Crippen LogP contribution is -2.41. The highest BCUT2D eigenvalue weighted by Gasteiger charge is 2.19. The van der Waals surface area contributed by atoms with Gasteiger partial charge in [0.25, 0.3) is 0 Å². The summed E-state index contributed by atoms with van der Waals surface area (Å²) in [5.74, 6) is -0.587. The Hall–Kier alpha value is -2.91. The highest BCUT2D eigenvalue weighted by atomic mass is 19.1. The number of ether oxygens (including phenoxy) is 1. The second kappa shape index (κ2) is 7.77. The molecule has 1 aliphatic heterocycles. The molecule has 0 spiro atoms. The monoisotopic (exact) mass is 339 g/mol. The maximum absolute atomic E-state index is 13.5. The van der Waals surface area contributed by atoms with Crippen LogP contribution in [0.5, 0.6) is 0 Å². The molecule has 0 radical (unpaired) electrons. The van der Waals surface area contributed by atoms with Crippen LogP contribution in [0, 0.1) is 17.1 Å². The van der Waals surface area contributed by atoms with Gasteiger partial charge in [0.15, 0.2) is 0 Å². The number of nitriles is 1. The molecule has 0 aliphatic carbocycles. The average Bonchev–Trinajstić information content (AvgIpc) is 2.64. The summed E-state index contributed by atoms with van der Waals surface area (Å²) in [5.41, 5.74) is 3.01. The van der Waals surface area contributed by atoms with Crippen LogP contribution in [-0.2, 0) is 24.3 Å². The van der Waals surface area contributed by atoms with Crippen LogP contribution in [0.2, 0.25) is 0 Å². The molecule has 0 saturated carbocycles. The number of carbonyl (C=O) groups is 1. The summed E-state index contributed by atoms with van der Waals surface area (Å²) in [7, 11) is 0. The fourth-order valence-electron chi connectivity index (χ4n) is 2.75. The number of hydrogen-bond acceptors (Lipinski definition) is 3. The van der Waals surface area contributed by atoms with E-state index in [1.54, 1.807) is 12.1 Å². The van der Waals surface area contributed by atoms with Gasteiger partial charge >= 0.3 is 6.03 Å². The molecule has 25 heavy (non-hydrogen) atoms. The van der Waals surface area contributed by atoms with Gasteiger partial charge in [-0.05, 0) is 28.8 Å². The molecule has 128 valence electrons. The quantitative estimate of drug-likeness (QED) is 0.899. The van der Waals surface area contributed by atoms with E-state index < -0.39 is 5.82 Å². The summed E-state index contributed by atoms with van der Waals surface area (Å²) < 4.78 is 19.3. The molecule has 2 aromatic carbocycles. The van der Waals surface area contributed by atoms with Crippen molar-refractivity contribution >= 4 is 6.03 Å². The number of benzene rings is 2. The van der Waals surface area contributed by atoms with Crippen molar-refractivity contribution in [1.82, 2.24) is 10.6 Å². The maximum Gasteiger partial charge on any atom is 0.315 e. The topological polar surface area (TPSA) is 74.2 Å². The first-order chi connectivity index (χ1) is 12.2. The average molecular weight is 339 g/mol. The number of urea groups is 1. The standard InChI is InChI=1S/C19H18FN3O2/c20-18-7-13(5-6-15(18)9-21)10-22-19(24)23-11-17-8-14-3-1-2-4-16(14)12-25-17/h1-7,17H,8,10-12H2,(H2,22,23,24)/t17-/m0/s1. The summed E-state index contributed by atoms with van der Waals surface area (Å²) in [5, 5.41) is 14.1. The van der Waals surface area contributed by atoms with E-state index in [4.69, 9.17) is 10.00 Å². The van der Waals surface area contributed by atoms with Gasteiger partial charge < -0.3 is 15.4 Å². The van der Waals surface area contributed by atoms with Crippen molar-refractivity contribution in [2.45, 2.75) is 25.7 Å². The lowest BCUT2D eigenvalue weighted by Gasteiger charge is -2.25. The predicted octanol–water partition coefficient (Wildman–Crippen LogP) is 2.64. The Morgan fingerprint density at radius 1 is 1.24 bits per heavy atom. The summed E-state index contributed by atoms with van der Waals surface area (Å²) in [6.07, 6.45) is 0.699. The molecule has 2 N–H and O–H groups in total. The number of halogens is 1. The number of hydrogen-bond donors (Lipinski definition) is 2. The van der Waals surface area contributed by atoms with Crippen molar-refractivity contribution in [3.8, 4) is 6.07 Å². The van der Waals surface area contributed by atoms with Crippen molar-refractivity contribution in [1.29, 1.82) is 5.26 Å². The van der Waals surface area contributed by atoms with Crippen LogP contribution >= 0.6 is 0 Å². The fourth-order valence-corrected chi connectivity index (χ4v) is 2.75. The minimum absolute atomic E-state index is 0.0112. The van der Waals surface area contributed by atoms with Gasteiger partial charge in [-0.1, -0.05) is 30.3 Å². The minimum Gasteiger partial charge on any atom is -0.371 e. The first-order valence-corrected chi connectivity index (χ1v) is 8.04. The minimum atomic E-state index is -0.587. The van der Waals surface area contributed by atoms with E-state index in [-0.39, 0.29) is 24.2 Å². The van der Waals surface area contributed by atoms with Gasteiger partial charge in [0, 0.05) is 19.5 Å². The summed E-state index contributed by atoms with van der Waals surface area (Å²) in [6.45, 7) is 1.14. The molecule has 2 amide bonds. The SMILES string of the molecule is N#Cc1ccc(CNC(=O)NC[C@@H]2Cc3ccccc3CO2)cc1F. The van der Waals surface area contributed by atoms with Crippen LogP contribution in [0.1, 0.15) is 22.3 Å². The van der Waals surface area contributed by atoms with Crippen molar-refractivity contribution in [3.05, 3.63) is 70.5 Å². The Bertz CT molecular complexity index is 817. The first kappa shape index (κ1) is 16.9. The second-order valence-electron chi connectivity index (χ2n) is 5.90. The van der Waals surface area contributed by atoms with Gasteiger partial charge in [-0.2, -0.15) is 5.26 Å². The van der Waals surface area contributed by atoms with E-state index in [2.05, 4.69) is 16.7 Å². The molecule has 0 saturated heterocycles. The number of rotatable bonds is 4. The van der Waals surface area contributed by atoms with E-state index >= 15 is 0 Å². The maximum atomic E-state index is 13.5. The molecule has 0 unspecified atom stereocenters. The Morgan fingerprint density at radius 3 is 2.80 bits per heavy atom. The molecule has 0 aromatic heterocycles. The normalized spacial score (nSPS) is 15.8. The van der Waals surface area contributed by atoms with Crippen LogP contribution in [-0.4, -0.2) is 18.7 Å². The van der Waals surface area contributed by atoms with Gasteiger partial charge in [0.05, 0.1) is 18.3 Å². The van der Waals surface area contributed by atoms with Gasteiger partial charge in [0.2, 0.25) is 0 Å². The Kier molecular flexibility index (Phi) is 5.26. The molecular weight excluding hydrogens is 321 g/mol. The van der Waals surface area contributed by atoms with E-state index in [0.29, 0.717) is 18.7 Å². The zero-order chi connectivity index (χ0) is 17.6. The van der Waals surface area contributed by atoms with E-state index in [9.17, 15) is 9.18 Å². The van der Waals surface area contributed by atoms with E-state index in [1.165, 1.54) is 23.3 Å². The number of nitrogens with zero attached hydrogens (tertiary/aromatic N) is 1. The third kappa shape index (κ3) is 4.34. The Morgan fingerprint density at radius 2 is 2.04 bits per heavy atom. The zero-order valence-corrected chi connectivity index (χ0v) is 13.6. The molecule has 1 heterocycles. The molecule has 2 aromatic rings. The molecule has 6 heteroatoms. The lowest BCUT2D eigenvalue weighted by atomic mass is 9.99. The second-order valence-corrected chi connectivity index (χ2v) is 5.90. The first-order valence-electron chi connectivity index (χ1n) is 8.04. The lowest BCUT2D eigenvalue weighted by molar-refractivity contribution is 0.0305. The van der Waals surface area contributed by atoms with Crippen LogP contribution in [0.3, 0.4) is 0 Å². The highest BCUT2D eigenvalue weighted by molar-refractivity contribution is 5.73. The summed E-state index contributed by atoms with van der Waals surface area (Å²) in [6, 6.07) is 13.8. The number of amides is 2. The van der Waals surface area contributed by atoms with Crippen LogP contribution < -0.4 is 10.6 Å². The smallest absolute Gasteiger partial charge is 0.315 e. The molecular formula is C19H18FN3O2. The number of carbonyl (C=O) groups excluding carboxylic acids is 1. The summed E-state index contributed by atoms with van der Waals surface area (Å²) >= 11 is 0. The molecule has 5 nitrogen and oxygen atoms in total. The largest absolute Gasteiger partial charge is 0.371 e. The fraction of sp³-hybridized carbons (Fsp3) is 0.263. The van der Waals surface area contributed by atoms with Crippen molar-refractivity contribution in [2.75, 3.05) is 6.54 Å². The third-order valence-electron chi connectivity index (χ3n) is 4.14. The molecule has 1 atom stereocenters. The molecule has 1 aliphatic rings.